The standard InChI is InChI=1S/C18H27N3O4S/c1-4-20(5-2)16-8-6-15(7-9-16)19-18(23)12-21(14(3)22)17-10-11-26(24,25)13-17/h6-9,17H,4-5,10-13H2,1-3H3,(H,19,23). The van der Waals surface area contributed by atoms with Gasteiger partial charge in [-0.3, -0.25) is 9.59 Å². The number of benzene rings is 1. The van der Waals surface area contributed by atoms with Gasteiger partial charge in [0.05, 0.1) is 11.5 Å². The lowest BCUT2D eigenvalue weighted by atomic mass is 10.2. The Morgan fingerprint density at radius 3 is 2.23 bits per heavy atom. The molecule has 1 N–H and O–H groups in total. The van der Waals surface area contributed by atoms with Crippen molar-refractivity contribution in [3.8, 4) is 0 Å². The number of sulfone groups is 1. The summed E-state index contributed by atoms with van der Waals surface area (Å²) in [5.74, 6) is -0.631. The van der Waals surface area contributed by atoms with E-state index in [9.17, 15) is 18.0 Å². The highest BCUT2D eigenvalue weighted by Gasteiger charge is 2.34. The second-order valence-electron chi connectivity index (χ2n) is 6.47. The normalized spacial score (nSPS) is 18.3. The van der Waals surface area contributed by atoms with Gasteiger partial charge in [0.1, 0.15) is 6.54 Å². The van der Waals surface area contributed by atoms with Crippen LogP contribution in [-0.2, 0) is 19.4 Å². The zero-order valence-corrected chi connectivity index (χ0v) is 16.4. The number of hydrogen-bond donors (Lipinski definition) is 1. The molecule has 2 rings (SSSR count). The topological polar surface area (TPSA) is 86.8 Å². The van der Waals surface area contributed by atoms with E-state index in [0.29, 0.717) is 12.1 Å². The summed E-state index contributed by atoms with van der Waals surface area (Å²) in [5, 5.41) is 2.77. The van der Waals surface area contributed by atoms with Gasteiger partial charge in [0.25, 0.3) is 0 Å². The van der Waals surface area contributed by atoms with Crippen molar-refractivity contribution >= 4 is 33.0 Å². The first-order valence-corrected chi connectivity index (χ1v) is 10.7. The molecule has 7 nitrogen and oxygen atoms in total. The quantitative estimate of drug-likeness (QED) is 0.774. The number of carbonyl (C=O) groups is 2. The average Bonchev–Trinajstić information content (AvgIpc) is 2.94. The fraction of sp³-hybridized carbons (Fsp3) is 0.556. The second kappa shape index (κ2) is 8.53. The van der Waals surface area contributed by atoms with Crippen LogP contribution in [-0.4, -0.2) is 62.3 Å². The molecule has 26 heavy (non-hydrogen) atoms. The van der Waals surface area contributed by atoms with Crippen molar-refractivity contribution < 1.29 is 18.0 Å². The molecule has 8 heteroatoms. The third kappa shape index (κ3) is 5.20. The van der Waals surface area contributed by atoms with Gasteiger partial charge in [-0.25, -0.2) is 8.42 Å². The fourth-order valence-electron chi connectivity index (χ4n) is 3.22. The Bertz CT molecular complexity index is 742. The molecular weight excluding hydrogens is 354 g/mol. The molecule has 1 aromatic carbocycles. The van der Waals surface area contributed by atoms with Gasteiger partial charge >= 0.3 is 0 Å². The third-order valence-electron chi connectivity index (χ3n) is 4.65. The van der Waals surface area contributed by atoms with E-state index >= 15 is 0 Å². The van der Waals surface area contributed by atoms with Crippen LogP contribution in [0.5, 0.6) is 0 Å². The fourth-order valence-corrected chi connectivity index (χ4v) is 4.95. The Kier molecular flexibility index (Phi) is 6.63. The Labute approximate surface area is 155 Å². The van der Waals surface area contributed by atoms with E-state index in [1.165, 1.54) is 11.8 Å². The first-order valence-electron chi connectivity index (χ1n) is 8.88. The van der Waals surface area contributed by atoms with Gasteiger partial charge in [0.2, 0.25) is 11.8 Å². The summed E-state index contributed by atoms with van der Waals surface area (Å²) in [7, 11) is -3.12. The van der Waals surface area contributed by atoms with E-state index in [0.717, 1.165) is 18.8 Å². The molecule has 1 fully saturated rings. The molecule has 0 aliphatic carbocycles. The molecule has 1 atom stereocenters. The maximum absolute atomic E-state index is 12.3. The smallest absolute Gasteiger partial charge is 0.244 e. The molecule has 1 heterocycles. The highest BCUT2D eigenvalue weighted by atomic mass is 32.2. The van der Waals surface area contributed by atoms with Gasteiger partial charge in [0, 0.05) is 37.4 Å². The molecule has 1 saturated heterocycles. The lowest BCUT2D eigenvalue weighted by molar-refractivity contribution is -0.134. The number of nitrogens with zero attached hydrogens (tertiary/aromatic N) is 2. The maximum Gasteiger partial charge on any atom is 0.244 e. The summed E-state index contributed by atoms with van der Waals surface area (Å²) in [6.07, 6.45) is 0.383. The summed E-state index contributed by atoms with van der Waals surface area (Å²) in [4.78, 5) is 27.7. The van der Waals surface area contributed by atoms with Gasteiger partial charge in [-0.05, 0) is 44.5 Å². The van der Waals surface area contributed by atoms with Crippen LogP contribution in [0.25, 0.3) is 0 Å². The molecule has 1 aliphatic heterocycles. The summed E-state index contributed by atoms with van der Waals surface area (Å²) in [5.41, 5.74) is 1.72. The van der Waals surface area contributed by atoms with Crippen molar-refractivity contribution in [1.29, 1.82) is 0 Å². The lowest BCUT2D eigenvalue weighted by Crippen LogP contribution is -2.44. The van der Waals surface area contributed by atoms with E-state index in [-0.39, 0.29) is 29.9 Å². The number of rotatable bonds is 7. The van der Waals surface area contributed by atoms with E-state index in [2.05, 4.69) is 24.1 Å². The van der Waals surface area contributed by atoms with E-state index in [1.807, 2.05) is 24.3 Å². The summed E-state index contributed by atoms with van der Waals surface area (Å²) >= 11 is 0. The highest BCUT2D eigenvalue weighted by Crippen LogP contribution is 2.19. The molecule has 144 valence electrons. The van der Waals surface area contributed by atoms with Crippen molar-refractivity contribution in [3.63, 3.8) is 0 Å². The number of anilines is 2. The summed E-state index contributed by atoms with van der Waals surface area (Å²) < 4.78 is 23.3. The molecule has 0 aromatic heterocycles. The number of nitrogens with one attached hydrogen (secondary N) is 1. The molecule has 0 radical (unpaired) electrons. The maximum atomic E-state index is 12.3. The van der Waals surface area contributed by atoms with E-state index in [1.54, 1.807) is 0 Å². The number of amides is 2. The van der Waals surface area contributed by atoms with Gasteiger partial charge in [-0.15, -0.1) is 0 Å². The SMILES string of the molecule is CCN(CC)c1ccc(NC(=O)CN(C(C)=O)C2CCS(=O)(=O)C2)cc1. The van der Waals surface area contributed by atoms with Crippen LogP contribution in [0, 0.1) is 0 Å². The van der Waals surface area contributed by atoms with Gasteiger partial charge < -0.3 is 15.1 Å². The minimum Gasteiger partial charge on any atom is -0.372 e. The molecule has 1 aliphatic rings. The van der Waals surface area contributed by atoms with Gasteiger partial charge in [-0.2, -0.15) is 0 Å². The average molecular weight is 381 g/mol. The predicted octanol–water partition coefficient (Wildman–Crippen LogP) is 1.51. The van der Waals surface area contributed by atoms with Crippen molar-refractivity contribution in [1.82, 2.24) is 4.90 Å². The number of carbonyl (C=O) groups excluding carboxylic acids is 2. The molecule has 0 spiro atoms. The zero-order valence-electron chi connectivity index (χ0n) is 15.6. The molecule has 1 aromatic rings. The van der Waals surface area contributed by atoms with Crippen molar-refractivity contribution in [2.75, 3.05) is 41.4 Å². The minimum absolute atomic E-state index is 0.0654. The first-order chi connectivity index (χ1) is 12.3. The van der Waals surface area contributed by atoms with Crippen LogP contribution < -0.4 is 10.2 Å². The molecule has 2 amide bonds. The van der Waals surface area contributed by atoms with Crippen LogP contribution in [0.4, 0.5) is 11.4 Å². The van der Waals surface area contributed by atoms with Crippen LogP contribution in [0.15, 0.2) is 24.3 Å². The van der Waals surface area contributed by atoms with Crippen LogP contribution in [0.3, 0.4) is 0 Å². The van der Waals surface area contributed by atoms with Crippen molar-refractivity contribution in [2.24, 2.45) is 0 Å². The summed E-state index contributed by atoms with van der Waals surface area (Å²) in [6, 6.07) is 7.10. The first kappa shape index (κ1) is 20.2. The highest BCUT2D eigenvalue weighted by molar-refractivity contribution is 7.91. The van der Waals surface area contributed by atoms with Crippen molar-refractivity contribution in [2.45, 2.75) is 33.2 Å². The van der Waals surface area contributed by atoms with Crippen LogP contribution in [0.1, 0.15) is 27.2 Å². The lowest BCUT2D eigenvalue weighted by Gasteiger charge is -2.26. The van der Waals surface area contributed by atoms with Crippen LogP contribution in [0.2, 0.25) is 0 Å². The van der Waals surface area contributed by atoms with Crippen LogP contribution >= 0.6 is 0 Å². The molecule has 1 unspecified atom stereocenters. The number of hydrogen-bond acceptors (Lipinski definition) is 5. The third-order valence-corrected chi connectivity index (χ3v) is 6.40. The molecular formula is C18H27N3O4S. The summed E-state index contributed by atoms with van der Waals surface area (Å²) in [6.45, 7) is 7.18. The Morgan fingerprint density at radius 2 is 1.77 bits per heavy atom. The zero-order chi connectivity index (χ0) is 19.3. The molecule has 0 saturated carbocycles. The van der Waals surface area contributed by atoms with Gasteiger partial charge in [0.15, 0.2) is 9.84 Å². The Balaban J connectivity index is 1.99. The molecule has 0 bridgehead atoms. The van der Waals surface area contributed by atoms with E-state index < -0.39 is 15.9 Å². The van der Waals surface area contributed by atoms with E-state index in [4.69, 9.17) is 0 Å². The second-order valence-corrected chi connectivity index (χ2v) is 8.70. The Morgan fingerprint density at radius 1 is 1.15 bits per heavy atom. The largest absolute Gasteiger partial charge is 0.372 e. The minimum atomic E-state index is -3.12. The predicted molar refractivity (Wildman–Crippen MR) is 103 cm³/mol. The van der Waals surface area contributed by atoms with Gasteiger partial charge in [-0.1, -0.05) is 0 Å². The monoisotopic (exact) mass is 381 g/mol. The Hall–Kier alpha value is -2.09. The van der Waals surface area contributed by atoms with Crippen molar-refractivity contribution in [3.05, 3.63) is 24.3 Å².